The van der Waals surface area contributed by atoms with Gasteiger partial charge in [-0.3, -0.25) is 4.98 Å². The molecule has 7 nitrogen and oxygen atoms in total. The summed E-state index contributed by atoms with van der Waals surface area (Å²) in [6.45, 7) is 0. The van der Waals surface area contributed by atoms with Gasteiger partial charge in [-0.15, -0.1) is 0 Å². The molecule has 32 heavy (non-hydrogen) atoms. The van der Waals surface area contributed by atoms with Gasteiger partial charge in [-0.1, -0.05) is 24.3 Å². The van der Waals surface area contributed by atoms with Gasteiger partial charge in [0.15, 0.2) is 0 Å². The molecule has 7 heteroatoms. The van der Waals surface area contributed by atoms with Gasteiger partial charge < -0.3 is 19.7 Å². The molecule has 4 aromatic rings. The standard InChI is InChI=1S/C25H23N3O4/c1-31-19-7-3-17(4-8-19)24(29)22-15-21(16-11-13-26-14-12-16)23(28-27-22)25(30)18-5-9-20(32-2)10-6-18/h3-15,24-25,29-30H,1-2H3. The molecule has 4 rings (SSSR count). The van der Waals surface area contributed by atoms with E-state index in [4.69, 9.17) is 9.47 Å². The van der Waals surface area contributed by atoms with Crippen molar-refractivity contribution in [1.82, 2.24) is 15.2 Å². The average Bonchev–Trinajstić information content (AvgIpc) is 2.88. The van der Waals surface area contributed by atoms with Gasteiger partial charge in [0.05, 0.1) is 19.9 Å². The van der Waals surface area contributed by atoms with Crippen molar-refractivity contribution in [3.63, 3.8) is 0 Å². The lowest BCUT2D eigenvalue weighted by Crippen LogP contribution is -2.11. The summed E-state index contributed by atoms with van der Waals surface area (Å²) in [6.07, 6.45) is 1.34. The van der Waals surface area contributed by atoms with Gasteiger partial charge in [0.1, 0.15) is 29.4 Å². The first-order chi connectivity index (χ1) is 15.6. The van der Waals surface area contributed by atoms with Crippen LogP contribution in [0.5, 0.6) is 11.5 Å². The highest BCUT2D eigenvalue weighted by atomic mass is 16.5. The predicted octanol–water partition coefficient (Wildman–Crippen LogP) is 3.72. The van der Waals surface area contributed by atoms with Crippen molar-refractivity contribution in [1.29, 1.82) is 0 Å². The Morgan fingerprint density at radius 1 is 0.688 bits per heavy atom. The second kappa shape index (κ2) is 9.55. The molecule has 2 aromatic carbocycles. The van der Waals surface area contributed by atoms with Gasteiger partial charge in [0.25, 0.3) is 0 Å². The molecule has 0 aliphatic rings. The van der Waals surface area contributed by atoms with Gasteiger partial charge >= 0.3 is 0 Å². The van der Waals surface area contributed by atoms with Crippen LogP contribution in [-0.4, -0.2) is 39.6 Å². The first-order valence-corrected chi connectivity index (χ1v) is 10.0. The molecule has 2 aromatic heterocycles. The van der Waals surface area contributed by atoms with Gasteiger partial charge in [-0.05, 0) is 59.2 Å². The summed E-state index contributed by atoms with van der Waals surface area (Å²) in [6, 6.07) is 19.6. The molecule has 0 fully saturated rings. The molecule has 0 saturated carbocycles. The second-order valence-corrected chi connectivity index (χ2v) is 7.16. The topological polar surface area (TPSA) is 97.6 Å². The van der Waals surface area contributed by atoms with E-state index < -0.39 is 12.2 Å². The number of hydrogen-bond donors (Lipinski definition) is 2. The van der Waals surface area contributed by atoms with E-state index in [-0.39, 0.29) is 0 Å². The molecule has 0 aliphatic heterocycles. The number of hydrogen-bond acceptors (Lipinski definition) is 7. The van der Waals surface area contributed by atoms with E-state index in [9.17, 15) is 10.2 Å². The molecule has 0 spiro atoms. The number of aromatic nitrogens is 3. The van der Waals surface area contributed by atoms with E-state index in [1.807, 2.05) is 12.1 Å². The highest BCUT2D eigenvalue weighted by molar-refractivity contribution is 5.67. The Morgan fingerprint density at radius 3 is 1.75 bits per heavy atom. The van der Waals surface area contributed by atoms with Gasteiger partial charge in [-0.25, -0.2) is 0 Å². The lowest BCUT2D eigenvalue weighted by Gasteiger charge is -2.18. The zero-order chi connectivity index (χ0) is 22.5. The lowest BCUT2D eigenvalue weighted by atomic mass is 9.96. The maximum atomic E-state index is 11.1. The van der Waals surface area contributed by atoms with Crippen molar-refractivity contribution in [2.24, 2.45) is 0 Å². The van der Waals surface area contributed by atoms with E-state index in [1.165, 1.54) is 0 Å². The van der Waals surface area contributed by atoms with Crippen LogP contribution in [0.2, 0.25) is 0 Å². The zero-order valence-electron chi connectivity index (χ0n) is 17.7. The number of aliphatic hydroxyl groups is 2. The molecule has 2 atom stereocenters. The summed E-state index contributed by atoms with van der Waals surface area (Å²) in [7, 11) is 3.18. The third-order valence-corrected chi connectivity index (χ3v) is 5.23. The Labute approximate surface area is 186 Å². The number of pyridine rings is 1. The number of nitrogens with zero attached hydrogens (tertiary/aromatic N) is 3. The number of rotatable bonds is 7. The van der Waals surface area contributed by atoms with E-state index in [0.29, 0.717) is 39.6 Å². The zero-order valence-corrected chi connectivity index (χ0v) is 17.7. The van der Waals surface area contributed by atoms with Crippen LogP contribution in [0.1, 0.15) is 34.7 Å². The van der Waals surface area contributed by atoms with E-state index in [2.05, 4.69) is 15.2 Å². The van der Waals surface area contributed by atoms with Crippen LogP contribution in [0.3, 0.4) is 0 Å². The lowest BCUT2D eigenvalue weighted by molar-refractivity contribution is 0.206. The fourth-order valence-electron chi connectivity index (χ4n) is 3.42. The number of aliphatic hydroxyl groups excluding tert-OH is 2. The number of ether oxygens (including phenoxy) is 2. The maximum absolute atomic E-state index is 11.1. The maximum Gasteiger partial charge on any atom is 0.123 e. The van der Waals surface area contributed by atoms with Crippen molar-refractivity contribution in [2.75, 3.05) is 14.2 Å². The van der Waals surface area contributed by atoms with E-state index in [0.717, 1.165) is 5.56 Å². The van der Waals surface area contributed by atoms with Crippen LogP contribution in [0, 0.1) is 0 Å². The Bertz CT molecular complexity index is 1170. The van der Waals surface area contributed by atoms with Crippen molar-refractivity contribution in [3.8, 4) is 22.6 Å². The summed E-state index contributed by atoms with van der Waals surface area (Å²) in [4.78, 5) is 4.07. The SMILES string of the molecule is COc1ccc(C(O)c2cc(-c3ccncc3)c(C(O)c3ccc(OC)cc3)nn2)cc1. The van der Waals surface area contributed by atoms with E-state index in [1.54, 1.807) is 81.2 Å². The quantitative estimate of drug-likeness (QED) is 0.462. The summed E-state index contributed by atoms with van der Waals surface area (Å²) in [5.41, 5.74) is 3.52. The minimum Gasteiger partial charge on any atom is -0.497 e. The van der Waals surface area contributed by atoms with Crippen LogP contribution in [0.15, 0.2) is 79.1 Å². The molecule has 2 N–H and O–H groups in total. The third kappa shape index (κ3) is 4.44. The van der Waals surface area contributed by atoms with Gasteiger partial charge in [0, 0.05) is 18.0 Å². The molecule has 2 heterocycles. The smallest absolute Gasteiger partial charge is 0.123 e. The minimum atomic E-state index is -1.01. The molecule has 0 radical (unpaired) electrons. The first-order valence-electron chi connectivity index (χ1n) is 10.0. The number of methoxy groups -OCH3 is 2. The Kier molecular flexibility index (Phi) is 6.39. The summed E-state index contributed by atoms with van der Waals surface area (Å²) >= 11 is 0. The fourth-order valence-corrected chi connectivity index (χ4v) is 3.42. The molecular weight excluding hydrogens is 406 g/mol. The molecule has 2 unspecified atom stereocenters. The molecule has 0 amide bonds. The van der Waals surface area contributed by atoms with Gasteiger partial charge in [-0.2, -0.15) is 10.2 Å². The second-order valence-electron chi connectivity index (χ2n) is 7.16. The largest absolute Gasteiger partial charge is 0.497 e. The third-order valence-electron chi connectivity index (χ3n) is 5.23. The Balaban J connectivity index is 1.75. The van der Waals surface area contributed by atoms with Crippen molar-refractivity contribution < 1.29 is 19.7 Å². The molecule has 0 saturated heterocycles. The predicted molar refractivity (Wildman–Crippen MR) is 119 cm³/mol. The highest BCUT2D eigenvalue weighted by Crippen LogP contribution is 2.33. The molecule has 0 aliphatic carbocycles. The fraction of sp³-hybridized carbons (Fsp3) is 0.160. The molecule has 0 bridgehead atoms. The van der Waals surface area contributed by atoms with Crippen LogP contribution < -0.4 is 9.47 Å². The Morgan fingerprint density at radius 2 is 1.22 bits per heavy atom. The highest BCUT2D eigenvalue weighted by Gasteiger charge is 2.22. The van der Waals surface area contributed by atoms with Crippen molar-refractivity contribution in [2.45, 2.75) is 12.2 Å². The summed E-state index contributed by atoms with van der Waals surface area (Å²) in [5, 5.41) is 30.5. The van der Waals surface area contributed by atoms with Crippen LogP contribution in [-0.2, 0) is 0 Å². The minimum absolute atomic E-state index is 0.368. The van der Waals surface area contributed by atoms with Crippen LogP contribution >= 0.6 is 0 Å². The summed E-state index contributed by atoms with van der Waals surface area (Å²) in [5.74, 6) is 1.39. The van der Waals surface area contributed by atoms with Crippen LogP contribution in [0.4, 0.5) is 0 Å². The molecule has 162 valence electrons. The molecular formula is C25H23N3O4. The number of benzene rings is 2. The summed E-state index contributed by atoms with van der Waals surface area (Å²) < 4.78 is 10.4. The average molecular weight is 429 g/mol. The Hall–Kier alpha value is -3.81. The first kappa shape index (κ1) is 21.4. The normalized spacial score (nSPS) is 12.8. The van der Waals surface area contributed by atoms with Crippen molar-refractivity contribution >= 4 is 0 Å². The van der Waals surface area contributed by atoms with E-state index >= 15 is 0 Å². The van der Waals surface area contributed by atoms with Gasteiger partial charge in [0.2, 0.25) is 0 Å². The monoisotopic (exact) mass is 429 g/mol. The van der Waals surface area contributed by atoms with Crippen LogP contribution in [0.25, 0.3) is 11.1 Å². The van der Waals surface area contributed by atoms with Crippen molar-refractivity contribution in [3.05, 3.63) is 102 Å².